The van der Waals surface area contributed by atoms with E-state index in [1.807, 2.05) is 14.1 Å². The number of rotatable bonds is 19. The molecule has 0 rings (SSSR count). The average molecular weight is 411 g/mol. The summed E-state index contributed by atoms with van der Waals surface area (Å²) < 4.78 is 0. The summed E-state index contributed by atoms with van der Waals surface area (Å²) >= 11 is 0. The molecule has 0 heterocycles. The van der Waals surface area contributed by atoms with E-state index in [2.05, 4.69) is 24.1 Å². The fraction of sp³-hybridized carbons (Fsp3) is 0.957. The topological polar surface area (TPSA) is 32.3 Å². The zero-order chi connectivity index (χ0) is 19.5. The van der Waals surface area contributed by atoms with E-state index in [0.29, 0.717) is 6.42 Å². The zero-order valence-electron chi connectivity index (χ0n) is 18.5. The summed E-state index contributed by atoms with van der Waals surface area (Å²) in [7, 11) is 4.03. The molecule has 0 fully saturated rings. The molecular weight excluding hydrogens is 360 g/mol. The number of hydrogen-bond donors (Lipinski definition) is 1. The van der Waals surface area contributed by atoms with Crippen molar-refractivity contribution < 1.29 is 4.79 Å². The van der Waals surface area contributed by atoms with Crippen molar-refractivity contribution in [2.75, 3.05) is 14.1 Å². The van der Waals surface area contributed by atoms with E-state index in [0.717, 1.165) is 12.8 Å². The Morgan fingerprint density at radius 2 is 1.07 bits per heavy atom. The molecule has 0 saturated heterocycles. The van der Waals surface area contributed by atoms with Crippen LogP contribution in [-0.2, 0) is 4.79 Å². The van der Waals surface area contributed by atoms with Gasteiger partial charge in [0, 0.05) is 6.42 Å². The van der Waals surface area contributed by atoms with Gasteiger partial charge in [-0.05, 0) is 26.9 Å². The van der Waals surface area contributed by atoms with Gasteiger partial charge in [0.15, 0.2) is 0 Å². The second kappa shape index (κ2) is 23.0. The van der Waals surface area contributed by atoms with Crippen molar-refractivity contribution in [3.63, 3.8) is 0 Å². The molecule has 0 aromatic carbocycles. The molecule has 0 aliphatic carbocycles. The predicted molar refractivity (Wildman–Crippen MR) is 124 cm³/mol. The SMILES string of the molecule is CCCCCCCCCCCCCCCCCC(=O)NC(CC)N(C)C.[CaH2]. The molecule has 160 valence electrons. The first-order chi connectivity index (χ1) is 12.6. The van der Waals surface area contributed by atoms with Crippen molar-refractivity contribution in [2.45, 2.75) is 129 Å². The summed E-state index contributed by atoms with van der Waals surface area (Å²) in [6.07, 6.45) is 22.3. The second-order valence-corrected chi connectivity index (χ2v) is 8.15. The van der Waals surface area contributed by atoms with E-state index in [-0.39, 0.29) is 49.8 Å². The number of unbranched alkanes of at least 4 members (excludes halogenated alkanes) is 14. The number of nitrogens with one attached hydrogen (secondary N) is 1. The van der Waals surface area contributed by atoms with Crippen LogP contribution >= 0.6 is 0 Å². The summed E-state index contributed by atoms with van der Waals surface area (Å²) in [6, 6.07) is 0. The van der Waals surface area contributed by atoms with E-state index in [1.54, 1.807) is 0 Å². The summed E-state index contributed by atoms with van der Waals surface area (Å²) in [5.74, 6) is 0.209. The molecule has 1 unspecified atom stereocenters. The Labute approximate surface area is 200 Å². The van der Waals surface area contributed by atoms with Gasteiger partial charge in [-0.2, -0.15) is 0 Å². The molecule has 0 aromatic rings. The Hall–Kier alpha value is 0.690. The Kier molecular flexibility index (Phi) is 25.4. The summed E-state index contributed by atoms with van der Waals surface area (Å²) in [5, 5.41) is 3.10. The van der Waals surface area contributed by atoms with Crippen LogP contribution < -0.4 is 5.32 Å². The van der Waals surface area contributed by atoms with Crippen molar-refractivity contribution in [3.8, 4) is 0 Å². The molecule has 0 aromatic heterocycles. The monoisotopic (exact) mass is 410 g/mol. The number of amides is 1. The van der Waals surface area contributed by atoms with Crippen LogP contribution in [0.15, 0.2) is 0 Å². The molecule has 0 bridgehead atoms. The number of carbonyl (C=O) groups excluding carboxylic acids is 1. The van der Waals surface area contributed by atoms with Crippen LogP contribution in [0.1, 0.15) is 123 Å². The first-order valence-electron chi connectivity index (χ1n) is 11.6. The van der Waals surface area contributed by atoms with Crippen molar-refractivity contribution >= 4 is 43.6 Å². The standard InChI is InChI=1S/C23H48N2O.Ca.2H/c1-5-7-8-9-10-11-12-13-14-15-16-17-18-19-20-21-23(26)24-22(6-2)25(3)4;;;/h22H,5-21H2,1-4H3,(H,24,26);;;. The molecule has 27 heavy (non-hydrogen) atoms. The van der Waals surface area contributed by atoms with Crippen LogP contribution in [0.5, 0.6) is 0 Å². The minimum absolute atomic E-state index is 0. The molecular formula is C23H50CaN2O. The van der Waals surface area contributed by atoms with Crippen LogP contribution in [-0.4, -0.2) is 68.8 Å². The Bertz CT molecular complexity index is 311. The quantitative estimate of drug-likeness (QED) is 0.167. The van der Waals surface area contributed by atoms with E-state index < -0.39 is 0 Å². The van der Waals surface area contributed by atoms with Gasteiger partial charge < -0.3 is 5.32 Å². The van der Waals surface area contributed by atoms with Crippen LogP contribution in [0.25, 0.3) is 0 Å². The van der Waals surface area contributed by atoms with Gasteiger partial charge in [0.1, 0.15) is 0 Å². The summed E-state index contributed by atoms with van der Waals surface area (Å²) in [4.78, 5) is 14.0. The first kappa shape index (κ1) is 29.9. The Morgan fingerprint density at radius 3 is 1.41 bits per heavy atom. The van der Waals surface area contributed by atoms with Gasteiger partial charge in [0.05, 0.1) is 6.17 Å². The van der Waals surface area contributed by atoms with E-state index in [9.17, 15) is 4.79 Å². The van der Waals surface area contributed by atoms with Crippen molar-refractivity contribution in [2.24, 2.45) is 0 Å². The maximum absolute atomic E-state index is 11.9. The molecule has 1 N–H and O–H groups in total. The van der Waals surface area contributed by atoms with Crippen LogP contribution in [0.2, 0.25) is 0 Å². The maximum atomic E-state index is 11.9. The van der Waals surface area contributed by atoms with E-state index in [4.69, 9.17) is 0 Å². The minimum atomic E-state index is 0. The second-order valence-electron chi connectivity index (χ2n) is 8.15. The fourth-order valence-electron chi connectivity index (χ4n) is 3.51. The number of nitrogens with zero attached hydrogens (tertiary/aromatic N) is 1. The van der Waals surface area contributed by atoms with Gasteiger partial charge >= 0.3 is 37.7 Å². The molecule has 4 heteroatoms. The molecule has 0 spiro atoms. The van der Waals surface area contributed by atoms with Crippen molar-refractivity contribution in [1.82, 2.24) is 10.2 Å². The summed E-state index contributed by atoms with van der Waals surface area (Å²) in [5.41, 5.74) is 0. The van der Waals surface area contributed by atoms with Gasteiger partial charge in [-0.25, -0.2) is 0 Å². The Morgan fingerprint density at radius 1 is 0.704 bits per heavy atom. The predicted octanol–water partition coefficient (Wildman–Crippen LogP) is 5.75. The molecule has 0 radical (unpaired) electrons. The van der Waals surface area contributed by atoms with Crippen LogP contribution in [0.4, 0.5) is 0 Å². The third kappa shape index (κ3) is 21.2. The van der Waals surface area contributed by atoms with Crippen LogP contribution in [0, 0.1) is 0 Å². The van der Waals surface area contributed by atoms with Gasteiger partial charge in [0.2, 0.25) is 5.91 Å². The van der Waals surface area contributed by atoms with Gasteiger partial charge in [-0.15, -0.1) is 0 Å². The number of hydrogen-bond acceptors (Lipinski definition) is 2. The molecule has 1 atom stereocenters. The van der Waals surface area contributed by atoms with Crippen molar-refractivity contribution in [3.05, 3.63) is 0 Å². The molecule has 3 nitrogen and oxygen atoms in total. The van der Waals surface area contributed by atoms with Crippen LogP contribution in [0.3, 0.4) is 0 Å². The van der Waals surface area contributed by atoms with E-state index >= 15 is 0 Å². The average Bonchev–Trinajstić information content (AvgIpc) is 2.62. The third-order valence-corrected chi connectivity index (χ3v) is 5.35. The van der Waals surface area contributed by atoms with Crippen molar-refractivity contribution in [1.29, 1.82) is 0 Å². The Balaban J connectivity index is 0. The first-order valence-corrected chi connectivity index (χ1v) is 11.6. The third-order valence-electron chi connectivity index (χ3n) is 5.35. The molecule has 0 aliphatic rings. The zero-order valence-corrected chi connectivity index (χ0v) is 18.5. The summed E-state index contributed by atoms with van der Waals surface area (Å²) in [6.45, 7) is 4.39. The fourth-order valence-corrected chi connectivity index (χ4v) is 3.51. The molecule has 0 saturated carbocycles. The van der Waals surface area contributed by atoms with E-state index in [1.165, 1.54) is 89.9 Å². The normalized spacial score (nSPS) is 12.0. The van der Waals surface area contributed by atoms with Gasteiger partial charge in [-0.1, -0.05) is 104 Å². The molecule has 1 amide bonds. The van der Waals surface area contributed by atoms with Gasteiger partial charge in [-0.3, -0.25) is 9.69 Å². The number of carbonyl (C=O) groups is 1. The molecule has 0 aliphatic heterocycles. The van der Waals surface area contributed by atoms with Gasteiger partial charge in [0.25, 0.3) is 0 Å².